The molecule has 4 N–H and O–H groups in total. The van der Waals surface area contributed by atoms with Crippen molar-refractivity contribution in [1.82, 2.24) is 0 Å². The molecule has 4 unspecified atom stereocenters. The highest BCUT2D eigenvalue weighted by Crippen LogP contribution is 2.23. The summed E-state index contributed by atoms with van der Waals surface area (Å²) in [6, 6.07) is 0. The van der Waals surface area contributed by atoms with Gasteiger partial charge in [0.25, 0.3) is 0 Å². The molecule has 29 heavy (non-hydrogen) atoms. The maximum absolute atomic E-state index is 12.0. The van der Waals surface area contributed by atoms with Gasteiger partial charge in [0.1, 0.15) is 0 Å². The first-order valence-corrected chi connectivity index (χ1v) is 9.10. The average molecular weight is 424 g/mol. The molecule has 12 heteroatoms. The van der Waals surface area contributed by atoms with Crippen molar-refractivity contribution in [2.24, 2.45) is 0 Å². The molecule has 0 aliphatic carbocycles. The van der Waals surface area contributed by atoms with Crippen LogP contribution in [-0.4, -0.2) is 74.9 Å². The van der Waals surface area contributed by atoms with E-state index >= 15 is 0 Å². The fourth-order valence-corrected chi connectivity index (χ4v) is 1.56. The van der Waals surface area contributed by atoms with Gasteiger partial charge in [-0.2, -0.15) is 0 Å². The van der Waals surface area contributed by atoms with E-state index < -0.39 is 54.5 Å². The lowest BCUT2D eigenvalue weighted by Gasteiger charge is -2.31. The molecule has 0 aliphatic rings. The Morgan fingerprint density at radius 3 is 0.862 bits per heavy atom. The van der Waals surface area contributed by atoms with E-state index in [0.29, 0.717) is 0 Å². The number of rotatable bonds is 12. The van der Waals surface area contributed by atoms with Crippen LogP contribution in [0.15, 0.2) is 0 Å². The predicted octanol–water partition coefficient (Wildman–Crippen LogP) is -1.15. The Bertz CT molecular complexity index is 473. The van der Waals surface area contributed by atoms with Gasteiger partial charge in [-0.05, 0) is 25.7 Å². The molecule has 0 spiro atoms. The van der Waals surface area contributed by atoms with Crippen molar-refractivity contribution in [1.29, 1.82) is 0 Å². The smallest absolute Gasteiger partial charge is 0.381 e. The summed E-state index contributed by atoms with van der Waals surface area (Å²) in [5.41, 5.74) is 0. The van der Waals surface area contributed by atoms with Crippen LogP contribution in [0.25, 0.3) is 0 Å². The summed E-state index contributed by atoms with van der Waals surface area (Å²) in [5.74, 6) is -6.04. The second-order valence-electron chi connectivity index (χ2n) is 5.88. The topological polar surface area (TPSA) is 186 Å². The van der Waals surface area contributed by atoms with E-state index in [9.17, 15) is 39.6 Å². The molecule has 0 radical (unpaired) electrons. The van der Waals surface area contributed by atoms with E-state index in [-0.39, 0.29) is 25.7 Å². The van der Waals surface area contributed by atoms with Crippen LogP contribution in [0.1, 0.15) is 53.4 Å². The van der Waals surface area contributed by atoms with E-state index in [0.717, 1.165) is 0 Å². The minimum atomic E-state index is -3.53. The number of aliphatic hydroxyl groups is 4. The lowest BCUT2D eigenvalue weighted by Crippen LogP contribution is -2.53. The zero-order valence-electron chi connectivity index (χ0n) is 16.7. The summed E-state index contributed by atoms with van der Waals surface area (Å²) in [7, 11) is 0. The fourth-order valence-electron chi connectivity index (χ4n) is 1.56. The van der Waals surface area contributed by atoms with E-state index in [1.54, 1.807) is 0 Å². The van der Waals surface area contributed by atoms with Crippen molar-refractivity contribution in [2.45, 2.75) is 84.0 Å². The SMILES string of the molecule is CCC(O)C(=O)OC(OC(=O)C(O)CC)(OC(=O)C(O)CC)OC(=O)C(O)CC. The van der Waals surface area contributed by atoms with E-state index in [2.05, 4.69) is 18.9 Å². The Labute approximate surface area is 167 Å². The maximum atomic E-state index is 12.0. The molecule has 0 aromatic rings. The van der Waals surface area contributed by atoms with Crippen LogP contribution in [0, 0.1) is 0 Å². The van der Waals surface area contributed by atoms with Crippen molar-refractivity contribution in [3.8, 4) is 0 Å². The Kier molecular flexibility index (Phi) is 11.3. The Hall–Kier alpha value is -2.28. The minimum absolute atomic E-state index is 0.169. The standard InChI is InChI=1S/C17H28O12/c1-5-9(18)13(22)26-17(27-14(23)10(19)6-2,28-15(24)11(20)7-3)29-16(25)12(21)8-4/h9-12,18-21H,5-8H2,1-4H3. The van der Waals surface area contributed by atoms with E-state index in [1.807, 2.05) is 0 Å². The normalized spacial score (nSPS) is 17.1. The van der Waals surface area contributed by atoms with Gasteiger partial charge in [-0.3, -0.25) is 0 Å². The molecule has 12 nitrogen and oxygen atoms in total. The van der Waals surface area contributed by atoms with Gasteiger partial charge in [-0.15, -0.1) is 0 Å². The Balaban J connectivity index is 6.11. The van der Waals surface area contributed by atoms with Gasteiger partial charge in [0.15, 0.2) is 24.4 Å². The molecule has 168 valence electrons. The maximum Gasteiger partial charge on any atom is 0.620 e. The second-order valence-corrected chi connectivity index (χ2v) is 5.88. The molecule has 0 heterocycles. The first-order valence-electron chi connectivity index (χ1n) is 9.10. The predicted molar refractivity (Wildman–Crippen MR) is 92.3 cm³/mol. The number of carbonyl (C=O) groups is 4. The van der Waals surface area contributed by atoms with Crippen LogP contribution in [0.3, 0.4) is 0 Å². The summed E-state index contributed by atoms with van der Waals surface area (Å²) in [6.45, 7) is 5.56. The Morgan fingerprint density at radius 2 is 0.724 bits per heavy atom. The highest BCUT2D eigenvalue weighted by molar-refractivity contribution is 5.80. The number of ether oxygens (including phenoxy) is 4. The van der Waals surface area contributed by atoms with Crippen LogP contribution in [0.5, 0.6) is 0 Å². The molecule has 0 rings (SSSR count). The van der Waals surface area contributed by atoms with Crippen LogP contribution >= 0.6 is 0 Å². The van der Waals surface area contributed by atoms with Crippen molar-refractivity contribution < 1.29 is 58.6 Å². The van der Waals surface area contributed by atoms with E-state index in [4.69, 9.17) is 0 Å². The molecule has 4 atom stereocenters. The highest BCUT2D eigenvalue weighted by atomic mass is 17.0. The van der Waals surface area contributed by atoms with Crippen molar-refractivity contribution in [3.05, 3.63) is 0 Å². The first-order chi connectivity index (χ1) is 13.5. The molecule has 0 fully saturated rings. The lowest BCUT2D eigenvalue weighted by molar-refractivity contribution is -0.437. The molecule has 0 saturated carbocycles. The van der Waals surface area contributed by atoms with E-state index in [1.165, 1.54) is 27.7 Å². The highest BCUT2D eigenvalue weighted by Gasteiger charge is 2.52. The van der Waals surface area contributed by atoms with Gasteiger partial charge in [-0.1, -0.05) is 27.7 Å². The third kappa shape index (κ3) is 8.31. The van der Waals surface area contributed by atoms with Gasteiger partial charge < -0.3 is 39.4 Å². The van der Waals surface area contributed by atoms with Crippen LogP contribution in [0.4, 0.5) is 0 Å². The van der Waals surface area contributed by atoms with Crippen LogP contribution < -0.4 is 0 Å². The Morgan fingerprint density at radius 1 is 0.552 bits per heavy atom. The zero-order valence-corrected chi connectivity index (χ0v) is 16.7. The molecule has 0 aliphatic heterocycles. The molecule has 0 aromatic carbocycles. The number of aliphatic hydroxyl groups excluding tert-OH is 4. The second kappa shape index (κ2) is 12.3. The summed E-state index contributed by atoms with van der Waals surface area (Å²) < 4.78 is 18.5. The summed E-state index contributed by atoms with van der Waals surface area (Å²) in [4.78, 5) is 48.1. The third-order valence-electron chi connectivity index (χ3n) is 3.54. The molecule has 0 aromatic heterocycles. The summed E-state index contributed by atoms with van der Waals surface area (Å²) in [6.07, 6.45) is -11.3. The third-order valence-corrected chi connectivity index (χ3v) is 3.54. The first kappa shape index (κ1) is 26.7. The number of hydrogen-bond donors (Lipinski definition) is 4. The lowest BCUT2D eigenvalue weighted by atomic mass is 10.3. The van der Waals surface area contributed by atoms with Gasteiger partial charge in [0, 0.05) is 0 Å². The number of hydrogen-bond acceptors (Lipinski definition) is 12. The van der Waals surface area contributed by atoms with Crippen molar-refractivity contribution in [2.75, 3.05) is 0 Å². The minimum Gasteiger partial charge on any atom is -0.381 e. The molecular weight excluding hydrogens is 396 g/mol. The summed E-state index contributed by atoms with van der Waals surface area (Å²) >= 11 is 0. The monoisotopic (exact) mass is 424 g/mol. The van der Waals surface area contributed by atoms with Crippen LogP contribution in [0.2, 0.25) is 0 Å². The summed E-state index contributed by atoms with van der Waals surface area (Å²) in [5, 5.41) is 38.5. The zero-order chi connectivity index (χ0) is 22.8. The van der Waals surface area contributed by atoms with Gasteiger partial charge >= 0.3 is 30.0 Å². The number of carbonyl (C=O) groups excluding carboxylic acids is 4. The van der Waals surface area contributed by atoms with Crippen molar-refractivity contribution in [3.63, 3.8) is 0 Å². The average Bonchev–Trinajstić information content (AvgIpc) is 2.70. The van der Waals surface area contributed by atoms with Gasteiger partial charge in [0.2, 0.25) is 0 Å². The van der Waals surface area contributed by atoms with Crippen molar-refractivity contribution >= 4 is 23.9 Å². The molecular formula is C17H28O12. The quantitative estimate of drug-likeness (QED) is 0.218. The molecule has 0 amide bonds. The fraction of sp³-hybridized carbons (Fsp3) is 0.765. The molecule has 0 saturated heterocycles. The van der Waals surface area contributed by atoms with Gasteiger partial charge in [-0.25, -0.2) is 19.2 Å². The number of esters is 4. The largest absolute Gasteiger partial charge is 0.620 e. The van der Waals surface area contributed by atoms with Gasteiger partial charge in [0.05, 0.1) is 0 Å². The van der Waals surface area contributed by atoms with Crippen LogP contribution in [-0.2, 0) is 38.1 Å². The molecule has 0 bridgehead atoms.